The van der Waals surface area contributed by atoms with Crippen LogP contribution in [0.15, 0.2) is 22.7 Å². The van der Waals surface area contributed by atoms with Gasteiger partial charge in [-0.3, -0.25) is 4.79 Å². The topological polar surface area (TPSA) is 89.5 Å². The number of halogens is 2. The summed E-state index contributed by atoms with van der Waals surface area (Å²) in [4.78, 5) is 23.5. The Kier molecular flexibility index (Phi) is 5.46. The molecule has 6 nitrogen and oxygen atoms in total. The fourth-order valence-electron chi connectivity index (χ4n) is 2.04. The maximum Gasteiger partial charge on any atom is 0.340 e. The molecule has 1 aliphatic heterocycles. The first-order valence-corrected chi connectivity index (χ1v) is 9.38. The van der Waals surface area contributed by atoms with E-state index >= 15 is 0 Å². The minimum absolute atomic E-state index is 0.0609. The van der Waals surface area contributed by atoms with Gasteiger partial charge in [0.25, 0.3) is 5.91 Å². The Bertz CT molecular complexity index is 706. The number of carbonyl (C=O) groups is 2. The normalized spacial score (nSPS) is 19.6. The number of sulfone groups is 1. The highest BCUT2D eigenvalue weighted by molar-refractivity contribution is 9.10. The summed E-state index contributed by atoms with van der Waals surface area (Å²) < 4.78 is 28.1. The average molecular weight is 411 g/mol. The van der Waals surface area contributed by atoms with E-state index in [4.69, 9.17) is 16.3 Å². The maximum absolute atomic E-state index is 11.9. The van der Waals surface area contributed by atoms with Crippen molar-refractivity contribution in [3.05, 3.63) is 33.3 Å². The molecule has 1 fully saturated rings. The molecule has 9 heteroatoms. The minimum atomic E-state index is -3.07. The standard InChI is InChI=1S/C13H13BrClNO5S/c14-8-1-2-11(15)10(5-8)13(18)21-6-12(17)16-9-3-4-22(19,20)7-9/h1-2,5,9H,3-4,6-7H2,(H,16,17)/t9-/m0/s1. The number of carbonyl (C=O) groups excluding carboxylic acids is 2. The molecule has 0 aliphatic carbocycles. The fourth-order valence-corrected chi connectivity index (χ4v) is 4.27. The van der Waals surface area contributed by atoms with E-state index in [0.29, 0.717) is 10.9 Å². The number of rotatable bonds is 4. The number of ether oxygens (including phenoxy) is 1. The summed E-state index contributed by atoms with van der Waals surface area (Å²) in [6.45, 7) is -0.488. The van der Waals surface area contributed by atoms with E-state index in [0.717, 1.165) is 0 Å². The molecular formula is C13H13BrClNO5S. The zero-order valence-corrected chi connectivity index (χ0v) is 14.5. The van der Waals surface area contributed by atoms with Gasteiger partial charge in [0.05, 0.1) is 22.1 Å². The zero-order valence-electron chi connectivity index (χ0n) is 11.3. The van der Waals surface area contributed by atoms with Crippen molar-refractivity contribution in [1.82, 2.24) is 5.32 Å². The number of amides is 1. The van der Waals surface area contributed by atoms with Gasteiger partial charge < -0.3 is 10.1 Å². The Morgan fingerprint density at radius 2 is 2.14 bits per heavy atom. The number of esters is 1. The molecule has 1 aromatic rings. The molecular weight excluding hydrogens is 398 g/mol. The summed E-state index contributed by atoms with van der Waals surface area (Å²) in [5.74, 6) is -1.28. The molecule has 1 saturated heterocycles. The van der Waals surface area contributed by atoms with Crippen LogP contribution in [0.25, 0.3) is 0 Å². The molecule has 22 heavy (non-hydrogen) atoms. The van der Waals surface area contributed by atoms with E-state index in [2.05, 4.69) is 21.2 Å². The second-order valence-electron chi connectivity index (χ2n) is 4.87. The second-order valence-corrected chi connectivity index (χ2v) is 8.42. The lowest BCUT2D eigenvalue weighted by molar-refractivity contribution is -0.124. The van der Waals surface area contributed by atoms with E-state index in [1.165, 1.54) is 12.1 Å². The Hall–Kier alpha value is -1.12. The van der Waals surface area contributed by atoms with Gasteiger partial charge in [0.15, 0.2) is 16.4 Å². The molecule has 0 unspecified atom stereocenters. The van der Waals surface area contributed by atoms with Gasteiger partial charge in [-0.05, 0) is 24.6 Å². The van der Waals surface area contributed by atoms with Crippen molar-refractivity contribution in [2.45, 2.75) is 12.5 Å². The highest BCUT2D eigenvalue weighted by Crippen LogP contribution is 2.21. The predicted octanol–water partition coefficient (Wildman–Crippen LogP) is 1.56. The first-order valence-electron chi connectivity index (χ1n) is 6.39. The molecule has 0 saturated carbocycles. The smallest absolute Gasteiger partial charge is 0.340 e. The van der Waals surface area contributed by atoms with Crippen LogP contribution in [-0.2, 0) is 19.4 Å². The fraction of sp³-hybridized carbons (Fsp3) is 0.385. The van der Waals surface area contributed by atoms with Gasteiger partial charge in [0, 0.05) is 10.5 Å². The van der Waals surface area contributed by atoms with Crippen molar-refractivity contribution in [2.24, 2.45) is 0 Å². The number of hydrogen-bond donors (Lipinski definition) is 1. The van der Waals surface area contributed by atoms with E-state index in [1.54, 1.807) is 6.07 Å². The van der Waals surface area contributed by atoms with Crippen molar-refractivity contribution in [2.75, 3.05) is 18.1 Å². The van der Waals surface area contributed by atoms with Gasteiger partial charge in [-0.25, -0.2) is 13.2 Å². The van der Waals surface area contributed by atoms with Gasteiger partial charge in [-0.15, -0.1) is 0 Å². The first kappa shape index (κ1) is 17.2. The summed E-state index contributed by atoms with van der Waals surface area (Å²) >= 11 is 9.10. The SMILES string of the molecule is O=C(COC(=O)c1cc(Br)ccc1Cl)N[C@H]1CCS(=O)(=O)C1. The molecule has 1 aliphatic rings. The first-order chi connectivity index (χ1) is 10.3. The second kappa shape index (κ2) is 6.97. The Morgan fingerprint density at radius 3 is 2.77 bits per heavy atom. The molecule has 0 radical (unpaired) electrons. The van der Waals surface area contributed by atoms with Gasteiger partial charge in [0.1, 0.15) is 0 Å². The largest absolute Gasteiger partial charge is 0.452 e. The molecule has 1 amide bonds. The van der Waals surface area contributed by atoms with Crippen molar-refractivity contribution in [1.29, 1.82) is 0 Å². The van der Waals surface area contributed by atoms with Gasteiger partial charge in [0.2, 0.25) is 0 Å². The minimum Gasteiger partial charge on any atom is -0.452 e. The molecule has 1 atom stereocenters. The van der Waals surface area contributed by atoms with Crippen LogP contribution >= 0.6 is 27.5 Å². The third-order valence-electron chi connectivity index (χ3n) is 3.08. The van der Waals surface area contributed by atoms with Crippen molar-refractivity contribution in [3.63, 3.8) is 0 Å². The third-order valence-corrected chi connectivity index (χ3v) is 5.67. The van der Waals surface area contributed by atoms with Crippen LogP contribution in [0.2, 0.25) is 5.02 Å². The third kappa shape index (κ3) is 4.69. The molecule has 120 valence electrons. The summed E-state index contributed by atoms with van der Waals surface area (Å²) in [7, 11) is -3.07. The van der Waals surface area contributed by atoms with Crippen LogP contribution in [0, 0.1) is 0 Å². The van der Waals surface area contributed by atoms with Crippen LogP contribution < -0.4 is 5.32 Å². The lowest BCUT2D eigenvalue weighted by atomic mass is 10.2. The van der Waals surface area contributed by atoms with E-state index in [-0.39, 0.29) is 22.1 Å². The number of benzene rings is 1. The predicted molar refractivity (Wildman–Crippen MR) is 84.6 cm³/mol. The van der Waals surface area contributed by atoms with Crippen LogP contribution in [0.3, 0.4) is 0 Å². The Balaban J connectivity index is 1.86. The van der Waals surface area contributed by atoms with Crippen LogP contribution in [0.1, 0.15) is 16.8 Å². The monoisotopic (exact) mass is 409 g/mol. The van der Waals surface area contributed by atoms with Crippen molar-refractivity contribution in [3.8, 4) is 0 Å². The summed E-state index contributed by atoms with van der Waals surface area (Å²) in [5.41, 5.74) is 0.146. The lowest BCUT2D eigenvalue weighted by Gasteiger charge is -2.11. The lowest BCUT2D eigenvalue weighted by Crippen LogP contribution is -2.38. The van der Waals surface area contributed by atoms with Crippen molar-refractivity contribution < 1.29 is 22.7 Å². The highest BCUT2D eigenvalue weighted by atomic mass is 79.9. The molecule has 0 bridgehead atoms. The van der Waals surface area contributed by atoms with Crippen LogP contribution in [0.4, 0.5) is 0 Å². The van der Waals surface area contributed by atoms with E-state index in [9.17, 15) is 18.0 Å². The molecule has 0 aromatic heterocycles. The number of hydrogen-bond acceptors (Lipinski definition) is 5. The van der Waals surface area contributed by atoms with Gasteiger partial charge in [-0.1, -0.05) is 27.5 Å². The quantitative estimate of drug-likeness (QED) is 0.761. The van der Waals surface area contributed by atoms with E-state index in [1.807, 2.05) is 0 Å². The Morgan fingerprint density at radius 1 is 1.41 bits per heavy atom. The maximum atomic E-state index is 11.9. The summed E-state index contributed by atoms with van der Waals surface area (Å²) in [5, 5.41) is 2.75. The van der Waals surface area contributed by atoms with Gasteiger partial charge in [-0.2, -0.15) is 0 Å². The van der Waals surface area contributed by atoms with E-state index < -0.39 is 34.4 Å². The molecule has 2 rings (SSSR count). The molecule has 1 heterocycles. The average Bonchev–Trinajstić information content (AvgIpc) is 2.78. The van der Waals surface area contributed by atoms with Gasteiger partial charge >= 0.3 is 5.97 Å². The summed E-state index contributed by atoms with van der Waals surface area (Å²) in [6, 6.07) is 4.27. The number of nitrogens with one attached hydrogen (secondary N) is 1. The highest BCUT2D eigenvalue weighted by Gasteiger charge is 2.29. The summed E-state index contributed by atoms with van der Waals surface area (Å²) in [6.07, 6.45) is 0.374. The zero-order chi connectivity index (χ0) is 16.3. The Labute approximate surface area is 141 Å². The van der Waals surface area contributed by atoms with Crippen molar-refractivity contribution >= 4 is 49.2 Å². The van der Waals surface area contributed by atoms with Crippen LogP contribution in [0.5, 0.6) is 0 Å². The molecule has 1 aromatic carbocycles. The molecule has 0 spiro atoms. The molecule has 1 N–H and O–H groups in total. The van der Waals surface area contributed by atoms with Crippen LogP contribution in [-0.4, -0.2) is 44.4 Å².